The topological polar surface area (TPSA) is 99.0 Å². The van der Waals surface area contributed by atoms with Gasteiger partial charge in [0.05, 0.1) is 19.1 Å². The zero-order valence-corrected chi connectivity index (χ0v) is 19.1. The van der Waals surface area contributed by atoms with E-state index in [9.17, 15) is 19.7 Å². The lowest BCUT2D eigenvalue weighted by atomic mass is 9.69. The molecule has 1 aliphatic heterocycles. The maximum atomic E-state index is 13.5. The van der Waals surface area contributed by atoms with Gasteiger partial charge in [-0.1, -0.05) is 32.0 Å². The number of anilines is 1. The Hall–Kier alpha value is -3.68. The summed E-state index contributed by atoms with van der Waals surface area (Å²) in [4.78, 5) is 39.5. The highest BCUT2D eigenvalue weighted by Crippen LogP contribution is 2.50. The van der Waals surface area contributed by atoms with Crippen LogP contribution in [-0.4, -0.2) is 30.8 Å². The third-order valence-electron chi connectivity index (χ3n) is 6.27. The van der Waals surface area contributed by atoms with Crippen LogP contribution in [0.25, 0.3) is 0 Å². The quantitative estimate of drug-likeness (QED) is 0.480. The van der Waals surface area contributed by atoms with Gasteiger partial charge in [-0.2, -0.15) is 0 Å². The average Bonchev–Trinajstić information content (AvgIpc) is 2.77. The summed E-state index contributed by atoms with van der Waals surface area (Å²) in [6.45, 7) is 3.94. The zero-order valence-electron chi connectivity index (χ0n) is 19.1. The molecule has 0 radical (unpaired) electrons. The second kappa shape index (κ2) is 8.35. The Labute approximate surface area is 191 Å². The molecule has 0 N–H and O–H groups in total. The van der Waals surface area contributed by atoms with E-state index in [1.807, 2.05) is 19.9 Å². The van der Waals surface area contributed by atoms with Crippen LogP contribution in [0.3, 0.4) is 0 Å². The molecule has 0 saturated carbocycles. The van der Waals surface area contributed by atoms with Crippen molar-refractivity contribution in [2.45, 2.75) is 39.0 Å². The number of benzene rings is 2. The highest BCUT2D eigenvalue weighted by atomic mass is 16.6. The molecule has 172 valence electrons. The lowest BCUT2D eigenvalue weighted by Gasteiger charge is -2.42. The van der Waals surface area contributed by atoms with Gasteiger partial charge in [-0.15, -0.1) is 0 Å². The van der Waals surface area contributed by atoms with Gasteiger partial charge in [-0.25, -0.2) is 0 Å². The van der Waals surface area contributed by atoms with Gasteiger partial charge in [0, 0.05) is 36.1 Å². The molecule has 0 spiro atoms. The first-order chi connectivity index (χ1) is 15.7. The van der Waals surface area contributed by atoms with Gasteiger partial charge in [-0.05, 0) is 35.6 Å². The summed E-state index contributed by atoms with van der Waals surface area (Å²) in [5.41, 5.74) is 1.50. The summed E-state index contributed by atoms with van der Waals surface area (Å²) in [5, 5.41) is 11.7. The summed E-state index contributed by atoms with van der Waals surface area (Å²) >= 11 is 0. The number of amides is 1. The minimum absolute atomic E-state index is 0.0204. The van der Waals surface area contributed by atoms with Crippen molar-refractivity contribution in [2.24, 2.45) is 5.41 Å². The number of nitro groups is 1. The smallest absolute Gasteiger partial charge is 0.293 e. The summed E-state index contributed by atoms with van der Waals surface area (Å²) in [6.07, 6.45) is 0.816. The van der Waals surface area contributed by atoms with Crippen LogP contribution >= 0.6 is 0 Å². The van der Waals surface area contributed by atoms with Crippen molar-refractivity contribution in [1.82, 2.24) is 0 Å². The number of methoxy groups -OCH3 is 2. The Morgan fingerprint density at radius 2 is 1.73 bits per heavy atom. The van der Waals surface area contributed by atoms with Crippen LogP contribution in [0, 0.1) is 15.5 Å². The lowest BCUT2D eigenvalue weighted by Crippen LogP contribution is -2.44. The molecular weight excluding hydrogens is 424 g/mol. The van der Waals surface area contributed by atoms with Gasteiger partial charge in [0.1, 0.15) is 5.69 Å². The Balaban J connectivity index is 1.93. The molecule has 1 aliphatic carbocycles. The monoisotopic (exact) mass is 450 g/mol. The molecule has 1 unspecified atom stereocenters. The molecule has 2 aromatic rings. The Morgan fingerprint density at radius 1 is 1.03 bits per heavy atom. The molecule has 0 bridgehead atoms. The van der Waals surface area contributed by atoms with Crippen LogP contribution in [0.15, 0.2) is 53.7 Å². The van der Waals surface area contributed by atoms with Crippen LogP contribution in [0.4, 0.5) is 11.4 Å². The largest absolute Gasteiger partial charge is 0.493 e. The molecule has 1 atom stereocenters. The predicted molar refractivity (Wildman–Crippen MR) is 123 cm³/mol. The van der Waals surface area contributed by atoms with E-state index in [2.05, 4.69) is 0 Å². The van der Waals surface area contributed by atoms with Crippen molar-refractivity contribution in [3.05, 3.63) is 69.4 Å². The van der Waals surface area contributed by atoms with Crippen molar-refractivity contribution in [2.75, 3.05) is 19.1 Å². The maximum absolute atomic E-state index is 13.5. The first kappa shape index (κ1) is 22.5. The van der Waals surface area contributed by atoms with Crippen LogP contribution in [-0.2, 0) is 9.59 Å². The van der Waals surface area contributed by atoms with E-state index in [1.165, 1.54) is 18.1 Å². The molecule has 8 heteroatoms. The molecular formula is C25H26N2O6. The SMILES string of the molecule is COc1ccc(C2CC(=O)N(c3ccccc3[N+](=O)[O-])C3=C2C(=O)CC(C)(C)C3)cc1OC. The average molecular weight is 450 g/mol. The van der Waals surface area contributed by atoms with Crippen LogP contribution in [0.2, 0.25) is 0 Å². The molecule has 0 aromatic heterocycles. The Kier molecular flexibility index (Phi) is 5.69. The molecule has 0 fully saturated rings. The first-order valence-corrected chi connectivity index (χ1v) is 10.7. The molecule has 8 nitrogen and oxygen atoms in total. The second-order valence-corrected chi connectivity index (χ2v) is 9.15. The number of Topliss-reactive ketones (excluding diaryl/α,β-unsaturated/α-hetero) is 1. The van der Waals surface area contributed by atoms with Crippen molar-refractivity contribution in [1.29, 1.82) is 0 Å². The number of ether oxygens (including phenoxy) is 2. The summed E-state index contributed by atoms with van der Waals surface area (Å²) in [5.74, 6) is 0.268. The second-order valence-electron chi connectivity index (χ2n) is 9.15. The third kappa shape index (κ3) is 3.97. The number of carbonyl (C=O) groups is 2. The number of ketones is 1. The highest BCUT2D eigenvalue weighted by Gasteiger charge is 2.45. The standard InChI is InChI=1S/C25H26N2O6/c1-25(2)13-19-24(20(28)14-25)16(15-9-10-21(32-3)22(11-15)33-4)12-23(29)26(19)17-7-5-6-8-18(17)27(30)31/h5-11,16H,12-14H2,1-4H3. The fourth-order valence-corrected chi connectivity index (χ4v) is 4.86. The molecule has 2 aliphatic rings. The van der Waals surface area contributed by atoms with Gasteiger partial charge in [0.25, 0.3) is 5.69 Å². The van der Waals surface area contributed by atoms with E-state index in [0.717, 1.165) is 5.56 Å². The molecule has 1 heterocycles. The van der Waals surface area contributed by atoms with E-state index in [-0.39, 0.29) is 34.9 Å². The molecule has 0 saturated heterocycles. The number of para-hydroxylation sites is 2. The van der Waals surface area contributed by atoms with Gasteiger partial charge in [0.15, 0.2) is 17.3 Å². The summed E-state index contributed by atoms with van der Waals surface area (Å²) in [6, 6.07) is 11.5. The minimum atomic E-state index is -0.501. The number of allylic oxidation sites excluding steroid dienone is 2. The summed E-state index contributed by atoms with van der Waals surface area (Å²) in [7, 11) is 3.07. The van der Waals surface area contributed by atoms with Gasteiger partial charge in [-0.3, -0.25) is 24.6 Å². The highest BCUT2D eigenvalue weighted by molar-refractivity contribution is 6.08. The Bertz CT molecular complexity index is 1180. The number of carbonyl (C=O) groups excluding carboxylic acids is 2. The van der Waals surface area contributed by atoms with E-state index in [1.54, 1.807) is 37.4 Å². The molecule has 2 aromatic carbocycles. The maximum Gasteiger partial charge on any atom is 0.293 e. The zero-order chi connectivity index (χ0) is 23.9. The van der Waals surface area contributed by atoms with Gasteiger partial charge < -0.3 is 9.47 Å². The summed E-state index contributed by atoms with van der Waals surface area (Å²) < 4.78 is 10.7. The number of hydrogen-bond acceptors (Lipinski definition) is 6. The van der Waals surface area contributed by atoms with E-state index in [4.69, 9.17) is 9.47 Å². The normalized spacial score (nSPS) is 19.9. The van der Waals surface area contributed by atoms with Gasteiger partial charge >= 0.3 is 0 Å². The van der Waals surface area contributed by atoms with Crippen molar-refractivity contribution in [3.63, 3.8) is 0 Å². The van der Waals surface area contributed by atoms with Crippen molar-refractivity contribution >= 4 is 23.1 Å². The van der Waals surface area contributed by atoms with Crippen LogP contribution in [0.5, 0.6) is 11.5 Å². The lowest BCUT2D eigenvalue weighted by molar-refractivity contribution is -0.384. The van der Waals surface area contributed by atoms with E-state index < -0.39 is 10.8 Å². The van der Waals surface area contributed by atoms with Crippen LogP contribution in [0.1, 0.15) is 44.6 Å². The third-order valence-corrected chi connectivity index (χ3v) is 6.27. The number of rotatable bonds is 5. The van der Waals surface area contributed by atoms with Gasteiger partial charge in [0.2, 0.25) is 5.91 Å². The molecule has 33 heavy (non-hydrogen) atoms. The van der Waals surface area contributed by atoms with Crippen molar-refractivity contribution < 1.29 is 24.0 Å². The number of nitrogens with zero attached hydrogens (tertiary/aromatic N) is 2. The van der Waals surface area contributed by atoms with Crippen molar-refractivity contribution in [3.8, 4) is 11.5 Å². The van der Waals surface area contributed by atoms with Crippen LogP contribution < -0.4 is 14.4 Å². The van der Waals surface area contributed by atoms with E-state index >= 15 is 0 Å². The first-order valence-electron chi connectivity index (χ1n) is 10.7. The van der Waals surface area contributed by atoms with E-state index in [0.29, 0.717) is 35.6 Å². The molecule has 4 rings (SSSR count). The Morgan fingerprint density at radius 3 is 2.39 bits per heavy atom. The number of nitro benzene ring substituents is 1. The predicted octanol–water partition coefficient (Wildman–Crippen LogP) is 4.78. The molecule has 1 amide bonds. The fourth-order valence-electron chi connectivity index (χ4n) is 4.86. The number of hydrogen-bond donors (Lipinski definition) is 0. The minimum Gasteiger partial charge on any atom is -0.493 e. The fraction of sp³-hybridized carbons (Fsp3) is 0.360.